The highest BCUT2D eigenvalue weighted by molar-refractivity contribution is 9.10. The Morgan fingerprint density at radius 3 is 3.04 bits per heavy atom. The highest BCUT2D eigenvalue weighted by Gasteiger charge is 2.03. The van der Waals surface area contributed by atoms with Crippen molar-refractivity contribution in [2.24, 2.45) is 10.3 Å². The molecular formula is C15H14BrN3O3S. The lowest BCUT2D eigenvalue weighted by Gasteiger charge is -2.01. The van der Waals surface area contributed by atoms with Gasteiger partial charge in [0.2, 0.25) is 0 Å². The van der Waals surface area contributed by atoms with E-state index in [0.717, 1.165) is 9.35 Å². The summed E-state index contributed by atoms with van der Waals surface area (Å²) in [6, 6.07) is 8.74. The largest absolute Gasteiger partial charge is 0.507 e. The molecule has 0 bridgehead atoms. The molecule has 1 aromatic carbocycles. The summed E-state index contributed by atoms with van der Waals surface area (Å²) >= 11 is 4.83. The number of phenolic OH excluding ortho intramolecular Hbond substituents is 1. The number of nitrogens with one attached hydrogen (secondary N) is 1. The standard InChI is InChI=1S/C15H14BrN3O3S/c1-10(14-3-2-6-23-14)19-22-9-15(21)18-17-8-11-7-12(16)4-5-13(11)20/h2-8,20H,9H2,1H3,(H,18,21)/b17-8+,19-10?. The summed E-state index contributed by atoms with van der Waals surface area (Å²) in [5, 5.41) is 19.2. The number of hydrogen-bond donors (Lipinski definition) is 2. The molecule has 1 aromatic heterocycles. The first-order valence-electron chi connectivity index (χ1n) is 6.57. The lowest BCUT2D eigenvalue weighted by Crippen LogP contribution is -2.22. The van der Waals surface area contributed by atoms with Crippen LogP contribution in [0.1, 0.15) is 17.4 Å². The number of nitrogens with zero attached hydrogens (tertiary/aromatic N) is 2. The Labute approximate surface area is 145 Å². The summed E-state index contributed by atoms with van der Waals surface area (Å²) in [4.78, 5) is 17.5. The number of oxime groups is 1. The van der Waals surface area contributed by atoms with Crippen molar-refractivity contribution in [2.45, 2.75) is 6.92 Å². The Balaban J connectivity index is 1.80. The lowest BCUT2D eigenvalue weighted by atomic mass is 10.2. The number of thiophene rings is 1. The first-order chi connectivity index (χ1) is 11.1. The zero-order valence-electron chi connectivity index (χ0n) is 12.2. The van der Waals surface area contributed by atoms with Crippen molar-refractivity contribution >= 4 is 45.1 Å². The second kappa shape index (κ2) is 8.44. The molecule has 0 saturated heterocycles. The number of phenols is 1. The van der Waals surface area contributed by atoms with E-state index in [4.69, 9.17) is 4.84 Å². The number of halogens is 1. The van der Waals surface area contributed by atoms with Gasteiger partial charge in [0.05, 0.1) is 16.8 Å². The summed E-state index contributed by atoms with van der Waals surface area (Å²) in [6.07, 6.45) is 1.35. The Morgan fingerprint density at radius 1 is 1.48 bits per heavy atom. The van der Waals surface area contributed by atoms with Crippen LogP contribution < -0.4 is 5.43 Å². The van der Waals surface area contributed by atoms with Crippen LogP contribution in [0.25, 0.3) is 0 Å². The van der Waals surface area contributed by atoms with Crippen LogP contribution in [0.5, 0.6) is 5.75 Å². The van der Waals surface area contributed by atoms with Crippen LogP contribution in [0.4, 0.5) is 0 Å². The van der Waals surface area contributed by atoms with Crippen molar-refractivity contribution in [1.82, 2.24) is 5.43 Å². The van der Waals surface area contributed by atoms with Crippen LogP contribution in [0.3, 0.4) is 0 Å². The van der Waals surface area contributed by atoms with E-state index in [1.54, 1.807) is 30.4 Å². The minimum atomic E-state index is -0.446. The van der Waals surface area contributed by atoms with Gasteiger partial charge in [0.1, 0.15) is 5.75 Å². The predicted molar refractivity (Wildman–Crippen MR) is 94.0 cm³/mol. The van der Waals surface area contributed by atoms with Gasteiger partial charge in [0.15, 0.2) is 6.61 Å². The summed E-state index contributed by atoms with van der Waals surface area (Å²) in [6.45, 7) is 1.56. The average molecular weight is 396 g/mol. The molecule has 0 unspecified atom stereocenters. The monoisotopic (exact) mass is 395 g/mol. The Kier molecular flexibility index (Phi) is 6.30. The van der Waals surface area contributed by atoms with Crippen molar-refractivity contribution in [1.29, 1.82) is 0 Å². The van der Waals surface area contributed by atoms with Crippen LogP contribution in [0.2, 0.25) is 0 Å². The van der Waals surface area contributed by atoms with E-state index >= 15 is 0 Å². The molecule has 6 nitrogen and oxygen atoms in total. The Morgan fingerprint density at radius 2 is 2.30 bits per heavy atom. The maximum atomic E-state index is 11.6. The van der Waals surface area contributed by atoms with E-state index in [-0.39, 0.29) is 12.4 Å². The number of benzene rings is 1. The highest BCUT2D eigenvalue weighted by atomic mass is 79.9. The summed E-state index contributed by atoms with van der Waals surface area (Å²) < 4.78 is 0.796. The molecular weight excluding hydrogens is 382 g/mol. The number of hydrogen-bond acceptors (Lipinski definition) is 6. The maximum Gasteiger partial charge on any atom is 0.280 e. The third kappa shape index (κ3) is 5.50. The van der Waals surface area contributed by atoms with Crippen molar-refractivity contribution in [2.75, 3.05) is 6.61 Å². The molecule has 2 N–H and O–H groups in total. The molecule has 0 aliphatic heterocycles. The molecule has 0 aliphatic carbocycles. The van der Waals surface area contributed by atoms with Gasteiger partial charge in [-0.2, -0.15) is 5.10 Å². The van der Waals surface area contributed by atoms with Crippen molar-refractivity contribution in [3.63, 3.8) is 0 Å². The molecule has 8 heteroatoms. The Bertz CT molecular complexity index is 730. The smallest absolute Gasteiger partial charge is 0.280 e. The van der Waals surface area contributed by atoms with E-state index in [1.165, 1.54) is 12.3 Å². The van der Waals surface area contributed by atoms with Crippen molar-refractivity contribution in [3.05, 3.63) is 50.6 Å². The number of hydrazone groups is 1. The molecule has 0 atom stereocenters. The van der Waals surface area contributed by atoms with E-state index in [1.807, 2.05) is 17.5 Å². The minimum Gasteiger partial charge on any atom is -0.507 e. The quantitative estimate of drug-likeness (QED) is 0.582. The van der Waals surface area contributed by atoms with E-state index < -0.39 is 5.91 Å². The van der Waals surface area contributed by atoms with Crippen molar-refractivity contribution in [3.8, 4) is 5.75 Å². The number of aromatic hydroxyl groups is 1. The first kappa shape index (κ1) is 17.2. The van der Waals surface area contributed by atoms with Gasteiger partial charge in [0.25, 0.3) is 5.91 Å². The maximum absolute atomic E-state index is 11.6. The number of carbonyl (C=O) groups excluding carboxylic acids is 1. The van der Waals surface area contributed by atoms with Gasteiger partial charge in [-0.3, -0.25) is 4.79 Å². The molecule has 2 rings (SSSR count). The Hall–Kier alpha value is -2.19. The van der Waals surface area contributed by atoms with E-state index in [2.05, 4.69) is 31.6 Å². The SMILES string of the molecule is CC(=NOCC(=O)N/N=C/c1cc(Br)ccc1O)c1cccs1. The van der Waals surface area contributed by atoms with Gasteiger partial charge >= 0.3 is 0 Å². The average Bonchev–Trinajstić information content (AvgIpc) is 3.05. The normalized spacial score (nSPS) is 11.7. The zero-order chi connectivity index (χ0) is 16.7. The summed E-state index contributed by atoms with van der Waals surface area (Å²) in [5.41, 5.74) is 3.48. The molecule has 0 radical (unpaired) electrons. The molecule has 0 fully saturated rings. The topological polar surface area (TPSA) is 83.3 Å². The van der Waals surface area contributed by atoms with Crippen LogP contribution in [-0.4, -0.2) is 29.5 Å². The van der Waals surface area contributed by atoms with E-state index in [9.17, 15) is 9.90 Å². The summed E-state index contributed by atoms with van der Waals surface area (Å²) in [7, 11) is 0. The van der Waals surface area contributed by atoms with Gasteiger partial charge < -0.3 is 9.94 Å². The third-order valence-electron chi connectivity index (χ3n) is 2.66. The number of rotatable bonds is 6. The zero-order valence-corrected chi connectivity index (χ0v) is 14.6. The van der Waals surface area contributed by atoms with Crippen LogP contribution in [0.15, 0.2) is 50.4 Å². The molecule has 120 valence electrons. The van der Waals surface area contributed by atoms with Gasteiger partial charge in [-0.25, -0.2) is 5.43 Å². The van der Waals surface area contributed by atoms with Crippen LogP contribution in [0, 0.1) is 0 Å². The fraction of sp³-hybridized carbons (Fsp3) is 0.133. The molecule has 0 aliphatic rings. The fourth-order valence-electron chi connectivity index (χ4n) is 1.55. The molecule has 0 spiro atoms. The lowest BCUT2D eigenvalue weighted by molar-refractivity contribution is -0.125. The number of carbonyl (C=O) groups is 1. The summed E-state index contributed by atoms with van der Waals surface area (Å²) in [5.74, 6) is -0.378. The fourth-order valence-corrected chi connectivity index (χ4v) is 2.60. The number of amides is 1. The molecule has 1 heterocycles. The molecule has 2 aromatic rings. The van der Waals surface area contributed by atoms with Crippen LogP contribution >= 0.6 is 27.3 Å². The highest BCUT2D eigenvalue weighted by Crippen LogP contribution is 2.19. The molecule has 23 heavy (non-hydrogen) atoms. The van der Waals surface area contributed by atoms with Gasteiger partial charge in [-0.15, -0.1) is 11.3 Å². The van der Waals surface area contributed by atoms with Crippen molar-refractivity contribution < 1.29 is 14.7 Å². The second-order valence-corrected chi connectivity index (χ2v) is 6.29. The van der Waals surface area contributed by atoms with Gasteiger partial charge in [-0.1, -0.05) is 27.2 Å². The molecule has 1 amide bonds. The first-order valence-corrected chi connectivity index (χ1v) is 8.24. The van der Waals surface area contributed by atoms with Crippen LogP contribution in [-0.2, 0) is 9.63 Å². The second-order valence-electron chi connectivity index (χ2n) is 4.42. The predicted octanol–water partition coefficient (Wildman–Crippen LogP) is 3.11. The van der Waals surface area contributed by atoms with Gasteiger partial charge in [0, 0.05) is 10.0 Å². The van der Waals surface area contributed by atoms with Gasteiger partial charge in [-0.05, 0) is 36.6 Å². The minimum absolute atomic E-state index is 0.0682. The molecule has 0 saturated carbocycles. The third-order valence-corrected chi connectivity index (χ3v) is 4.13. The van der Waals surface area contributed by atoms with E-state index in [0.29, 0.717) is 11.3 Å².